The highest BCUT2D eigenvalue weighted by Crippen LogP contribution is 2.35. The Balaban J connectivity index is 1.47. The van der Waals surface area contributed by atoms with Gasteiger partial charge in [-0.1, -0.05) is 23.4 Å². The van der Waals surface area contributed by atoms with Crippen LogP contribution < -0.4 is 10.5 Å². The van der Waals surface area contributed by atoms with E-state index in [2.05, 4.69) is 27.1 Å². The van der Waals surface area contributed by atoms with Crippen molar-refractivity contribution in [2.45, 2.75) is 44.2 Å². The number of nitrogens with zero attached hydrogens (tertiary/aromatic N) is 2. The molecule has 3 atom stereocenters. The summed E-state index contributed by atoms with van der Waals surface area (Å²) in [5.74, 6) is 6.93. The molecular formula is C21H23ClN4O3S2. The smallest absolute Gasteiger partial charge is 0.208 e. The number of aliphatic hydroxyl groups is 1. The van der Waals surface area contributed by atoms with E-state index in [0.717, 1.165) is 55.7 Å². The van der Waals surface area contributed by atoms with E-state index in [1.807, 2.05) is 0 Å². The number of aromatic nitrogens is 2. The molecule has 0 saturated heterocycles. The number of hydrogen-bond acceptors (Lipinski definition) is 9. The van der Waals surface area contributed by atoms with Crippen LogP contribution in [-0.4, -0.2) is 33.5 Å². The molecule has 2 fully saturated rings. The van der Waals surface area contributed by atoms with E-state index in [9.17, 15) is 9.90 Å². The Morgan fingerprint density at radius 1 is 1.45 bits per heavy atom. The molecule has 2 aliphatic carbocycles. The second-order valence-corrected chi connectivity index (χ2v) is 9.90. The highest BCUT2D eigenvalue weighted by Gasteiger charge is 2.27. The molecule has 164 valence electrons. The van der Waals surface area contributed by atoms with E-state index >= 15 is 0 Å². The average Bonchev–Trinajstić information content (AvgIpc) is 3.37. The normalized spacial score (nSPS) is 21.4. The van der Waals surface area contributed by atoms with Crippen LogP contribution in [0.5, 0.6) is 0 Å². The number of carbonyl (C=O) groups excluding carboxylic acids is 1. The van der Waals surface area contributed by atoms with Gasteiger partial charge in [0, 0.05) is 23.7 Å². The van der Waals surface area contributed by atoms with Gasteiger partial charge in [0.05, 0.1) is 29.3 Å². The lowest BCUT2D eigenvalue weighted by Crippen LogP contribution is -2.20. The number of anilines is 1. The van der Waals surface area contributed by atoms with Crippen molar-refractivity contribution in [3.63, 3.8) is 0 Å². The number of hydrogen-bond donors (Lipinski definition) is 3. The summed E-state index contributed by atoms with van der Waals surface area (Å²) < 4.78 is 5.61. The lowest BCUT2D eigenvalue weighted by molar-refractivity contribution is 0.104. The third kappa shape index (κ3) is 5.77. The van der Waals surface area contributed by atoms with Gasteiger partial charge in [0.1, 0.15) is 22.6 Å². The lowest BCUT2D eigenvalue weighted by atomic mass is 10.1. The zero-order chi connectivity index (χ0) is 21.8. The molecule has 3 unspecified atom stereocenters. The highest BCUT2D eigenvalue weighted by atomic mass is 35.5. The van der Waals surface area contributed by atoms with Crippen molar-refractivity contribution in [1.29, 1.82) is 0 Å². The Labute approximate surface area is 194 Å². The van der Waals surface area contributed by atoms with Crippen LogP contribution in [0.4, 0.5) is 5.82 Å². The first-order valence-corrected chi connectivity index (χ1v) is 12.1. The van der Waals surface area contributed by atoms with Gasteiger partial charge in [-0.15, -0.1) is 11.3 Å². The fourth-order valence-electron chi connectivity index (χ4n) is 3.61. The zero-order valence-corrected chi connectivity index (χ0v) is 19.1. The minimum absolute atomic E-state index is 0.194. The third-order valence-electron chi connectivity index (χ3n) is 5.44. The summed E-state index contributed by atoms with van der Waals surface area (Å²) >= 11 is 8.33. The van der Waals surface area contributed by atoms with Crippen LogP contribution in [0.1, 0.15) is 59.0 Å². The standard InChI is InChI=1S/C21H23ClN4O3S2/c22-20-15(17(27)6-4-12-1-2-12)8-18(30-20)19(28)16-9-24-11-25-21(16)26-14-5-3-13(7-14)10-29-31-23/h8-9,11-14,17,27H,1-3,5,7,10,23H2,(H,24,25,26). The number of rotatable bonds is 8. The molecule has 0 aliphatic heterocycles. The van der Waals surface area contributed by atoms with Gasteiger partial charge in [-0.3, -0.25) is 9.93 Å². The van der Waals surface area contributed by atoms with E-state index in [1.165, 1.54) is 12.5 Å². The van der Waals surface area contributed by atoms with Gasteiger partial charge in [0.2, 0.25) is 5.78 Å². The van der Waals surface area contributed by atoms with Gasteiger partial charge in [-0.05, 0) is 44.1 Å². The molecule has 2 aromatic heterocycles. The summed E-state index contributed by atoms with van der Waals surface area (Å²) in [6.45, 7) is 0.608. The fourth-order valence-corrected chi connectivity index (χ4v) is 5.16. The van der Waals surface area contributed by atoms with E-state index in [1.54, 1.807) is 6.07 Å². The molecule has 31 heavy (non-hydrogen) atoms. The topological polar surface area (TPSA) is 110 Å². The summed E-state index contributed by atoms with van der Waals surface area (Å²) in [5.41, 5.74) is 0.841. The van der Waals surface area contributed by atoms with Crippen LogP contribution in [0.15, 0.2) is 18.6 Å². The van der Waals surface area contributed by atoms with Gasteiger partial charge in [-0.2, -0.15) is 0 Å². The molecule has 0 bridgehead atoms. The number of halogens is 1. The molecule has 7 nitrogen and oxygen atoms in total. The number of aliphatic hydroxyl groups excluding tert-OH is 1. The monoisotopic (exact) mass is 478 g/mol. The first-order valence-electron chi connectivity index (χ1n) is 10.1. The molecule has 4 rings (SSSR count). The van der Waals surface area contributed by atoms with E-state index < -0.39 is 6.10 Å². The van der Waals surface area contributed by atoms with Crippen molar-refractivity contribution in [1.82, 2.24) is 9.97 Å². The maximum atomic E-state index is 13.2. The Morgan fingerprint density at radius 2 is 2.29 bits per heavy atom. The quantitative estimate of drug-likeness (QED) is 0.226. The molecule has 0 aromatic carbocycles. The molecule has 2 aliphatic rings. The maximum absolute atomic E-state index is 13.2. The van der Waals surface area contributed by atoms with Crippen molar-refractivity contribution in [2.75, 3.05) is 11.9 Å². The second kappa shape index (κ2) is 10.3. The second-order valence-electron chi connectivity index (χ2n) is 7.82. The Kier molecular flexibility index (Phi) is 7.48. The summed E-state index contributed by atoms with van der Waals surface area (Å²) in [4.78, 5) is 21.9. The summed E-state index contributed by atoms with van der Waals surface area (Å²) in [7, 11) is 0. The van der Waals surface area contributed by atoms with Crippen LogP contribution in [0, 0.1) is 23.7 Å². The van der Waals surface area contributed by atoms with Crippen LogP contribution in [-0.2, 0) is 4.18 Å². The Bertz CT molecular complexity index is 1000. The van der Waals surface area contributed by atoms with Crippen molar-refractivity contribution in [3.8, 4) is 11.8 Å². The van der Waals surface area contributed by atoms with E-state index in [-0.39, 0.29) is 11.8 Å². The average molecular weight is 479 g/mol. The first kappa shape index (κ1) is 22.5. The molecule has 2 aromatic rings. The van der Waals surface area contributed by atoms with Crippen LogP contribution in [0.25, 0.3) is 0 Å². The molecule has 4 N–H and O–H groups in total. The summed E-state index contributed by atoms with van der Waals surface area (Å²) in [6, 6.07) is 1.81. The molecular weight excluding hydrogens is 456 g/mol. The van der Waals surface area contributed by atoms with Gasteiger partial charge in [-0.25, -0.2) is 9.97 Å². The molecule has 0 radical (unpaired) electrons. The summed E-state index contributed by atoms with van der Waals surface area (Å²) in [5, 5.41) is 19.1. The van der Waals surface area contributed by atoms with E-state index in [0.29, 0.717) is 44.6 Å². The van der Waals surface area contributed by atoms with Gasteiger partial charge in [0.25, 0.3) is 0 Å². The van der Waals surface area contributed by atoms with Gasteiger partial charge < -0.3 is 14.6 Å². The first-order chi connectivity index (χ1) is 15.0. The van der Waals surface area contributed by atoms with Crippen LogP contribution >= 0.6 is 35.2 Å². The fraction of sp³-hybridized carbons (Fsp3) is 0.476. The molecule has 0 amide bonds. The third-order valence-corrected chi connectivity index (χ3v) is 7.10. The molecule has 2 saturated carbocycles. The predicted molar refractivity (Wildman–Crippen MR) is 123 cm³/mol. The zero-order valence-electron chi connectivity index (χ0n) is 16.7. The van der Waals surface area contributed by atoms with Crippen molar-refractivity contribution in [2.24, 2.45) is 17.0 Å². The SMILES string of the molecule is NSOCC1CCC(Nc2ncncc2C(=O)c2cc(C(O)C#CC3CC3)c(Cl)s2)C1. The highest BCUT2D eigenvalue weighted by molar-refractivity contribution is 7.92. The Morgan fingerprint density at radius 3 is 3.06 bits per heavy atom. The van der Waals surface area contributed by atoms with Gasteiger partial charge >= 0.3 is 0 Å². The number of thiophene rings is 1. The van der Waals surface area contributed by atoms with E-state index in [4.69, 9.17) is 20.9 Å². The lowest BCUT2D eigenvalue weighted by Gasteiger charge is -2.15. The molecule has 2 heterocycles. The van der Waals surface area contributed by atoms with Crippen LogP contribution in [0.3, 0.4) is 0 Å². The van der Waals surface area contributed by atoms with Crippen molar-refractivity contribution >= 4 is 46.8 Å². The number of nitrogens with two attached hydrogens (primary N) is 1. The number of nitrogens with one attached hydrogen (secondary N) is 1. The summed E-state index contributed by atoms with van der Waals surface area (Å²) in [6.07, 6.45) is 6.98. The molecule has 0 spiro atoms. The number of carbonyl (C=O) groups is 1. The largest absolute Gasteiger partial charge is 0.376 e. The predicted octanol–water partition coefficient (Wildman–Crippen LogP) is 3.99. The van der Waals surface area contributed by atoms with Crippen molar-refractivity contribution in [3.05, 3.63) is 38.9 Å². The number of ketones is 1. The van der Waals surface area contributed by atoms with Gasteiger partial charge in [0.15, 0.2) is 0 Å². The Hall–Kier alpha value is -1.67. The van der Waals surface area contributed by atoms with Crippen LogP contribution in [0.2, 0.25) is 4.34 Å². The maximum Gasteiger partial charge on any atom is 0.208 e. The minimum Gasteiger partial charge on any atom is -0.376 e. The molecule has 10 heteroatoms. The van der Waals surface area contributed by atoms with Crippen molar-refractivity contribution < 1.29 is 14.1 Å². The minimum atomic E-state index is -1.00.